The standard InChI is InChI=1S/C9H9ClN2/c1-7-2-3-9(8(10)6-7)12-5-4-11/h2-3,6,12H,5H2,1H3. The molecule has 0 aliphatic carbocycles. The second-order valence-corrected chi connectivity index (χ2v) is 2.90. The van der Waals surface area contributed by atoms with E-state index < -0.39 is 0 Å². The smallest absolute Gasteiger partial charge is 0.103 e. The first kappa shape index (κ1) is 8.89. The summed E-state index contributed by atoms with van der Waals surface area (Å²) in [5, 5.41) is 11.9. The molecule has 0 aromatic heterocycles. The fourth-order valence-corrected chi connectivity index (χ4v) is 1.20. The Morgan fingerprint density at radius 3 is 2.92 bits per heavy atom. The molecule has 1 aromatic rings. The molecule has 1 N–H and O–H groups in total. The summed E-state index contributed by atoms with van der Waals surface area (Å²) >= 11 is 5.89. The number of nitriles is 1. The first-order chi connectivity index (χ1) is 5.74. The second-order valence-electron chi connectivity index (χ2n) is 2.49. The largest absolute Gasteiger partial charge is 0.371 e. The lowest BCUT2D eigenvalue weighted by Gasteiger charge is -2.04. The topological polar surface area (TPSA) is 35.8 Å². The van der Waals surface area contributed by atoms with Gasteiger partial charge >= 0.3 is 0 Å². The van der Waals surface area contributed by atoms with Crippen LogP contribution in [0.15, 0.2) is 18.2 Å². The van der Waals surface area contributed by atoms with Crippen molar-refractivity contribution in [2.75, 3.05) is 11.9 Å². The Morgan fingerprint density at radius 2 is 2.33 bits per heavy atom. The summed E-state index contributed by atoms with van der Waals surface area (Å²) < 4.78 is 0. The van der Waals surface area contributed by atoms with E-state index in [-0.39, 0.29) is 6.54 Å². The highest BCUT2D eigenvalue weighted by molar-refractivity contribution is 6.33. The van der Waals surface area contributed by atoms with E-state index in [1.165, 1.54) is 0 Å². The molecule has 12 heavy (non-hydrogen) atoms. The molecule has 0 saturated heterocycles. The van der Waals surface area contributed by atoms with Gasteiger partial charge in [-0.15, -0.1) is 0 Å². The predicted molar refractivity (Wildman–Crippen MR) is 50.3 cm³/mol. The number of nitrogens with one attached hydrogen (secondary N) is 1. The van der Waals surface area contributed by atoms with Crippen molar-refractivity contribution >= 4 is 17.3 Å². The summed E-state index contributed by atoms with van der Waals surface area (Å²) in [6.07, 6.45) is 0. The molecule has 0 aliphatic rings. The average Bonchev–Trinajstić information content (AvgIpc) is 2.03. The van der Waals surface area contributed by atoms with Crippen molar-refractivity contribution in [2.45, 2.75) is 6.92 Å². The Labute approximate surface area is 76.8 Å². The zero-order chi connectivity index (χ0) is 8.97. The number of halogens is 1. The van der Waals surface area contributed by atoms with Gasteiger partial charge in [-0.05, 0) is 24.6 Å². The van der Waals surface area contributed by atoms with E-state index in [0.717, 1.165) is 11.3 Å². The maximum atomic E-state index is 8.32. The number of hydrogen-bond donors (Lipinski definition) is 1. The molecule has 0 bridgehead atoms. The molecule has 0 fully saturated rings. The Bertz CT molecular complexity index is 315. The monoisotopic (exact) mass is 180 g/mol. The molecular weight excluding hydrogens is 172 g/mol. The van der Waals surface area contributed by atoms with E-state index in [0.29, 0.717) is 5.02 Å². The molecule has 62 valence electrons. The molecule has 0 radical (unpaired) electrons. The lowest BCUT2D eigenvalue weighted by Crippen LogP contribution is -1.98. The van der Waals surface area contributed by atoms with Crippen LogP contribution in [0.3, 0.4) is 0 Å². The average molecular weight is 181 g/mol. The van der Waals surface area contributed by atoms with Crippen molar-refractivity contribution in [3.63, 3.8) is 0 Å². The molecule has 1 aromatic carbocycles. The lowest BCUT2D eigenvalue weighted by atomic mass is 10.2. The minimum absolute atomic E-state index is 0.281. The summed E-state index contributed by atoms with van der Waals surface area (Å²) in [4.78, 5) is 0. The highest BCUT2D eigenvalue weighted by atomic mass is 35.5. The van der Waals surface area contributed by atoms with Gasteiger partial charge in [-0.25, -0.2) is 0 Å². The van der Waals surface area contributed by atoms with Gasteiger partial charge in [-0.2, -0.15) is 5.26 Å². The number of aryl methyl sites for hydroxylation is 1. The first-order valence-corrected chi connectivity index (χ1v) is 3.99. The van der Waals surface area contributed by atoms with Gasteiger partial charge in [0.2, 0.25) is 0 Å². The van der Waals surface area contributed by atoms with Gasteiger partial charge in [0.25, 0.3) is 0 Å². The van der Waals surface area contributed by atoms with E-state index in [2.05, 4.69) is 5.32 Å². The Balaban J connectivity index is 2.81. The molecule has 3 heteroatoms. The molecule has 2 nitrogen and oxygen atoms in total. The van der Waals surface area contributed by atoms with Crippen molar-refractivity contribution in [1.82, 2.24) is 0 Å². The fourth-order valence-electron chi connectivity index (χ4n) is 0.898. The third kappa shape index (κ3) is 2.14. The fraction of sp³-hybridized carbons (Fsp3) is 0.222. The number of hydrogen-bond acceptors (Lipinski definition) is 2. The molecular formula is C9H9ClN2. The van der Waals surface area contributed by atoms with Crippen molar-refractivity contribution in [3.8, 4) is 6.07 Å². The Kier molecular flexibility index (Phi) is 2.95. The van der Waals surface area contributed by atoms with E-state index >= 15 is 0 Å². The van der Waals surface area contributed by atoms with Gasteiger partial charge in [0.15, 0.2) is 0 Å². The minimum Gasteiger partial charge on any atom is -0.371 e. The van der Waals surface area contributed by atoms with Gasteiger partial charge in [-0.1, -0.05) is 17.7 Å². The van der Waals surface area contributed by atoms with Crippen LogP contribution < -0.4 is 5.32 Å². The number of rotatable bonds is 2. The summed E-state index contributed by atoms with van der Waals surface area (Å²) in [5.74, 6) is 0. The summed E-state index contributed by atoms with van der Waals surface area (Å²) in [7, 11) is 0. The maximum Gasteiger partial charge on any atom is 0.103 e. The van der Waals surface area contributed by atoms with Crippen LogP contribution in [0.5, 0.6) is 0 Å². The van der Waals surface area contributed by atoms with Gasteiger partial charge in [0.1, 0.15) is 6.54 Å². The van der Waals surface area contributed by atoms with Crippen LogP contribution in [0, 0.1) is 18.3 Å². The van der Waals surface area contributed by atoms with Crippen LogP contribution in [0.1, 0.15) is 5.56 Å². The summed E-state index contributed by atoms with van der Waals surface area (Å²) in [5.41, 5.74) is 1.92. The summed E-state index contributed by atoms with van der Waals surface area (Å²) in [6, 6.07) is 7.67. The van der Waals surface area contributed by atoms with Crippen LogP contribution in [0.4, 0.5) is 5.69 Å². The van der Waals surface area contributed by atoms with Crippen LogP contribution >= 0.6 is 11.6 Å². The van der Waals surface area contributed by atoms with Gasteiger partial charge in [-0.3, -0.25) is 0 Å². The van der Waals surface area contributed by atoms with Crippen molar-refractivity contribution < 1.29 is 0 Å². The zero-order valence-corrected chi connectivity index (χ0v) is 7.52. The van der Waals surface area contributed by atoms with Gasteiger partial charge in [0, 0.05) is 0 Å². The minimum atomic E-state index is 0.281. The number of anilines is 1. The van der Waals surface area contributed by atoms with E-state index in [4.69, 9.17) is 16.9 Å². The van der Waals surface area contributed by atoms with Crippen LogP contribution in [0.2, 0.25) is 5.02 Å². The van der Waals surface area contributed by atoms with Crippen molar-refractivity contribution in [3.05, 3.63) is 28.8 Å². The highest BCUT2D eigenvalue weighted by Gasteiger charge is 1.97. The third-order valence-corrected chi connectivity index (χ3v) is 1.80. The third-order valence-electron chi connectivity index (χ3n) is 1.48. The number of nitrogens with zero attached hydrogens (tertiary/aromatic N) is 1. The van der Waals surface area contributed by atoms with E-state index in [1.54, 1.807) is 0 Å². The first-order valence-electron chi connectivity index (χ1n) is 3.61. The maximum absolute atomic E-state index is 8.32. The molecule has 0 aliphatic heterocycles. The normalized spacial score (nSPS) is 9.08. The quantitative estimate of drug-likeness (QED) is 0.711. The molecule has 0 spiro atoms. The zero-order valence-electron chi connectivity index (χ0n) is 6.76. The summed E-state index contributed by atoms with van der Waals surface area (Å²) in [6.45, 7) is 2.25. The van der Waals surface area contributed by atoms with Crippen LogP contribution in [-0.4, -0.2) is 6.54 Å². The SMILES string of the molecule is Cc1ccc(NCC#N)c(Cl)c1. The van der Waals surface area contributed by atoms with Gasteiger partial charge in [0.05, 0.1) is 16.8 Å². The van der Waals surface area contributed by atoms with Gasteiger partial charge < -0.3 is 5.32 Å². The number of benzene rings is 1. The van der Waals surface area contributed by atoms with E-state index in [1.807, 2.05) is 31.2 Å². The van der Waals surface area contributed by atoms with Crippen LogP contribution in [-0.2, 0) is 0 Å². The molecule has 0 amide bonds. The molecule has 1 rings (SSSR count). The van der Waals surface area contributed by atoms with Crippen molar-refractivity contribution in [1.29, 1.82) is 5.26 Å². The van der Waals surface area contributed by atoms with Crippen molar-refractivity contribution in [2.24, 2.45) is 0 Å². The molecule has 0 unspecified atom stereocenters. The lowest BCUT2D eigenvalue weighted by molar-refractivity contribution is 1.31. The van der Waals surface area contributed by atoms with Crippen LogP contribution in [0.25, 0.3) is 0 Å². The van der Waals surface area contributed by atoms with E-state index in [9.17, 15) is 0 Å². The second kappa shape index (κ2) is 3.99. The molecule has 0 saturated carbocycles. The molecule has 0 heterocycles. The predicted octanol–water partition coefficient (Wildman–Crippen LogP) is 2.58. The highest BCUT2D eigenvalue weighted by Crippen LogP contribution is 2.22. The molecule has 0 atom stereocenters. The Hall–Kier alpha value is -1.20. The Morgan fingerprint density at radius 1 is 1.58 bits per heavy atom.